The number of nitrogens with one attached hydrogen (secondary N) is 4. The summed E-state index contributed by atoms with van der Waals surface area (Å²) in [5, 5.41) is 20.8. The van der Waals surface area contributed by atoms with Crippen LogP contribution in [0.5, 0.6) is 0 Å². The topological polar surface area (TPSA) is 205 Å². The number of urea groups is 1. The van der Waals surface area contributed by atoms with Gasteiger partial charge in [0.2, 0.25) is 17.7 Å². The Morgan fingerprint density at radius 1 is 0.899 bits per heavy atom. The zero-order valence-corrected chi connectivity index (χ0v) is 38.9. The Morgan fingerprint density at radius 2 is 1.70 bits per heavy atom. The molecule has 7 amide bonds. The van der Waals surface area contributed by atoms with Crippen molar-refractivity contribution in [3.8, 4) is 11.1 Å². The van der Waals surface area contributed by atoms with Gasteiger partial charge in [0.1, 0.15) is 6.04 Å². The number of halogens is 2. The van der Waals surface area contributed by atoms with Gasteiger partial charge in [-0.15, -0.1) is 0 Å². The molecule has 2 saturated heterocycles. The molecule has 4 aromatic rings. The number of hydrogen-bond acceptors (Lipinski definition) is 11. The number of aromatic nitrogens is 4. The van der Waals surface area contributed by atoms with E-state index in [0.717, 1.165) is 85.3 Å². The van der Waals surface area contributed by atoms with Gasteiger partial charge in [-0.3, -0.25) is 43.6 Å². The number of alkyl halides is 2. The molecule has 1 unspecified atom stereocenters. The Balaban J connectivity index is 0.734. The number of unbranched alkanes of at least 4 members (excludes halogenated alkanes) is 4. The number of imide groups is 2. The monoisotopic (exact) mass is 951 g/mol. The van der Waals surface area contributed by atoms with Crippen LogP contribution in [-0.2, 0) is 45.1 Å². The van der Waals surface area contributed by atoms with Gasteiger partial charge in [-0.25, -0.2) is 13.6 Å². The van der Waals surface area contributed by atoms with Crippen LogP contribution in [0.2, 0.25) is 0 Å². The summed E-state index contributed by atoms with van der Waals surface area (Å²) in [5.74, 6) is -1.49. The van der Waals surface area contributed by atoms with E-state index in [1.807, 2.05) is 6.07 Å². The van der Waals surface area contributed by atoms with Crippen molar-refractivity contribution in [2.45, 2.75) is 115 Å². The van der Waals surface area contributed by atoms with Crippen molar-refractivity contribution in [1.29, 1.82) is 0 Å². The summed E-state index contributed by atoms with van der Waals surface area (Å²) in [6.07, 6.45) is 9.34. The molecule has 4 N–H and O–H groups in total. The van der Waals surface area contributed by atoms with Gasteiger partial charge in [0.25, 0.3) is 18.2 Å². The molecule has 2 fully saturated rings. The normalized spacial score (nSPS) is 18.3. The van der Waals surface area contributed by atoms with Crippen molar-refractivity contribution in [3.05, 3.63) is 76.2 Å². The number of fused-ring (bicyclic) bond motifs is 3. The lowest BCUT2D eigenvalue weighted by atomic mass is 9.92. The molecule has 5 aliphatic rings. The predicted molar refractivity (Wildman–Crippen MR) is 250 cm³/mol. The third-order valence-electron chi connectivity index (χ3n) is 13.9. The molecule has 0 bridgehead atoms. The number of amides is 7. The standard InChI is InChI=1S/C49H59F2N11O7/c1-52-49(68)58-20-14-39-38(29-58)45(57-62(39)33-15-22-69-23-16-33)60-19-7-8-30-24-35(36(44(50)51)26-41(30)60)31-27-55-59(28-31)21-18-54-42(63)9-5-3-2-4-6-17-53-32-10-11-34-37(25-32)48(67)61(47(34)66)40-12-13-43(64)56-46(40)65/h10-11,24-28,33,40,44,53H,2-9,12-23,29H2,1H3,(H,52,68)(H,54,63)(H,56,64,65). The second-order valence-corrected chi connectivity index (χ2v) is 18.4. The molecule has 69 heavy (non-hydrogen) atoms. The first kappa shape index (κ1) is 47.4. The number of anilines is 3. The number of aryl methyl sites for hydroxylation is 1. The van der Waals surface area contributed by atoms with Crippen molar-refractivity contribution in [1.82, 2.24) is 45.3 Å². The Labute approximate surface area is 398 Å². The molecule has 0 radical (unpaired) electrons. The summed E-state index contributed by atoms with van der Waals surface area (Å²) < 4.78 is 39.4. The SMILES string of the molecule is CNC(=O)N1CCc2c(c(N3CCCc4cc(-c5cnn(CCNC(=O)CCCCCCCNc6ccc7c(c6)C(=O)N(C6CCC(=O)NC6=O)C7=O)c5)c(C(F)F)cc43)nn2C2CCOCC2)C1. The molecule has 0 spiro atoms. The minimum absolute atomic E-state index is 0.0628. The molecule has 0 aliphatic carbocycles. The molecule has 7 heterocycles. The average Bonchev–Trinajstić information content (AvgIpc) is 4.05. The van der Waals surface area contributed by atoms with Crippen LogP contribution in [0, 0.1) is 0 Å². The Kier molecular flexibility index (Phi) is 14.3. The van der Waals surface area contributed by atoms with Gasteiger partial charge >= 0.3 is 6.03 Å². The Bertz CT molecular complexity index is 2620. The third-order valence-corrected chi connectivity index (χ3v) is 13.9. The van der Waals surface area contributed by atoms with E-state index in [0.29, 0.717) is 87.8 Å². The number of rotatable bonds is 17. The van der Waals surface area contributed by atoms with Crippen molar-refractivity contribution < 1.29 is 42.3 Å². The van der Waals surface area contributed by atoms with Gasteiger partial charge in [0.05, 0.1) is 36.5 Å². The Hall–Kier alpha value is -6.70. The summed E-state index contributed by atoms with van der Waals surface area (Å²) in [6, 6.07) is 7.41. The zero-order valence-electron chi connectivity index (χ0n) is 38.9. The fourth-order valence-corrected chi connectivity index (χ4v) is 10.3. The van der Waals surface area contributed by atoms with Crippen LogP contribution in [0.15, 0.2) is 42.7 Å². The highest BCUT2D eigenvalue weighted by molar-refractivity contribution is 6.23. The lowest BCUT2D eigenvalue weighted by Crippen LogP contribution is -2.54. The highest BCUT2D eigenvalue weighted by Crippen LogP contribution is 2.44. The van der Waals surface area contributed by atoms with Crippen LogP contribution in [0.1, 0.15) is 126 Å². The van der Waals surface area contributed by atoms with Gasteiger partial charge in [-0.1, -0.05) is 19.3 Å². The van der Waals surface area contributed by atoms with Crippen LogP contribution < -0.4 is 26.2 Å². The molecule has 9 rings (SSSR count). The van der Waals surface area contributed by atoms with Gasteiger partial charge < -0.3 is 30.5 Å². The van der Waals surface area contributed by atoms with Crippen molar-refractivity contribution in [2.24, 2.45) is 0 Å². The molecule has 2 aromatic carbocycles. The minimum atomic E-state index is -2.74. The molecule has 5 aliphatic heterocycles. The number of ether oxygens (including phenoxy) is 1. The minimum Gasteiger partial charge on any atom is -0.385 e. The average molecular weight is 952 g/mol. The van der Waals surface area contributed by atoms with Crippen molar-refractivity contribution in [2.75, 3.05) is 56.7 Å². The highest BCUT2D eigenvalue weighted by Gasteiger charge is 2.45. The maximum atomic E-state index is 15.0. The maximum Gasteiger partial charge on any atom is 0.317 e. The molecule has 18 nitrogen and oxygen atoms in total. The number of piperidine rings is 1. The van der Waals surface area contributed by atoms with E-state index < -0.39 is 36.1 Å². The van der Waals surface area contributed by atoms with E-state index in [9.17, 15) is 37.5 Å². The largest absolute Gasteiger partial charge is 0.385 e. The Morgan fingerprint density at radius 3 is 2.49 bits per heavy atom. The van der Waals surface area contributed by atoms with Crippen molar-refractivity contribution in [3.63, 3.8) is 0 Å². The number of hydrogen-bond donors (Lipinski definition) is 4. The van der Waals surface area contributed by atoms with Gasteiger partial charge in [-0.2, -0.15) is 10.2 Å². The summed E-state index contributed by atoms with van der Waals surface area (Å²) in [7, 11) is 1.62. The number of carbonyl (C=O) groups excluding carboxylic acids is 6. The van der Waals surface area contributed by atoms with Crippen molar-refractivity contribution >= 4 is 52.8 Å². The number of benzene rings is 2. The summed E-state index contributed by atoms with van der Waals surface area (Å²) in [5.41, 5.74) is 5.77. The predicted octanol–water partition coefficient (Wildman–Crippen LogP) is 5.79. The molecule has 0 saturated carbocycles. The van der Waals surface area contributed by atoms with Crippen LogP contribution in [0.3, 0.4) is 0 Å². The smallest absolute Gasteiger partial charge is 0.317 e. The highest BCUT2D eigenvalue weighted by atomic mass is 19.3. The first-order chi connectivity index (χ1) is 33.5. The molecular formula is C49H59F2N11O7. The molecule has 20 heteroatoms. The zero-order chi connectivity index (χ0) is 48.2. The fraction of sp³-hybridized carbons (Fsp3) is 0.510. The van der Waals surface area contributed by atoms with E-state index in [1.165, 1.54) is 0 Å². The van der Waals surface area contributed by atoms with Crippen LogP contribution in [0.25, 0.3) is 11.1 Å². The second kappa shape index (κ2) is 20.9. The van der Waals surface area contributed by atoms with E-state index >= 15 is 0 Å². The first-order valence-electron chi connectivity index (χ1n) is 24.2. The van der Waals surface area contributed by atoms with Crippen LogP contribution in [-0.4, -0.2) is 117 Å². The molecule has 2 aromatic heterocycles. The van der Waals surface area contributed by atoms with E-state index in [-0.39, 0.29) is 47.5 Å². The quantitative estimate of drug-likeness (QED) is 0.0737. The second-order valence-electron chi connectivity index (χ2n) is 18.4. The first-order valence-corrected chi connectivity index (χ1v) is 24.2. The summed E-state index contributed by atoms with van der Waals surface area (Å²) in [4.78, 5) is 80.2. The molecule has 1 atom stereocenters. The third kappa shape index (κ3) is 10.1. The van der Waals surface area contributed by atoms with E-state index in [2.05, 4.69) is 35.9 Å². The van der Waals surface area contributed by atoms with Crippen LogP contribution >= 0.6 is 0 Å². The van der Waals surface area contributed by atoms with E-state index in [4.69, 9.17) is 9.84 Å². The van der Waals surface area contributed by atoms with E-state index in [1.54, 1.807) is 53.3 Å². The summed E-state index contributed by atoms with van der Waals surface area (Å²) >= 11 is 0. The lowest BCUT2D eigenvalue weighted by molar-refractivity contribution is -0.136. The maximum absolute atomic E-state index is 15.0. The fourth-order valence-electron chi connectivity index (χ4n) is 10.3. The number of nitrogens with zero attached hydrogens (tertiary/aromatic N) is 7. The molecule has 366 valence electrons. The summed E-state index contributed by atoms with van der Waals surface area (Å²) in [6.45, 7) is 4.23. The lowest BCUT2D eigenvalue weighted by Gasteiger charge is -2.33. The number of carbonyl (C=O) groups is 6. The van der Waals surface area contributed by atoms with Gasteiger partial charge in [-0.05, 0) is 86.4 Å². The van der Waals surface area contributed by atoms with Gasteiger partial charge in [0.15, 0.2) is 5.82 Å². The van der Waals surface area contributed by atoms with Crippen LogP contribution in [0.4, 0.5) is 30.8 Å². The molecular weight excluding hydrogens is 893 g/mol. The van der Waals surface area contributed by atoms with Gasteiger partial charge in [0, 0.05) is 106 Å².